The molecule has 0 fully saturated rings. The summed E-state index contributed by atoms with van der Waals surface area (Å²) < 4.78 is 37.9. The standard InChI is InChI=1S/C10H16FN3O3S/c1-18(16,17)14-10-6-9(13-3-2-4-15)7(11)5-8(10)12/h5-6,13-15H,2-4,12H2,1H3. The van der Waals surface area contributed by atoms with Crippen LogP contribution in [0.3, 0.4) is 0 Å². The molecule has 0 radical (unpaired) electrons. The molecule has 0 aromatic heterocycles. The number of benzene rings is 1. The van der Waals surface area contributed by atoms with Crippen LogP contribution in [0.15, 0.2) is 12.1 Å². The third kappa shape index (κ3) is 4.38. The van der Waals surface area contributed by atoms with Crippen molar-refractivity contribution in [3.05, 3.63) is 17.9 Å². The zero-order valence-corrected chi connectivity index (χ0v) is 10.7. The first kappa shape index (κ1) is 14.5. The van der Waals surface area contributed by atoms with Crippen LogP contribution in [0.1, 0.15) is 6.42 Å². The van der Waals surface area contributed by atoms with Crippen LogP contribution in [0.2, 0.25) is 0 Å². The van der Waals surface area contributed by atoms with Crippen LogP contribution in [0.4, 0.5) is 21.5 Å². The van der Waals surface area contributed by atoms with E-state index in [0.717, 1.165) is 12.3 Å². The Balaban J connectivity index is 2.95. The molecule has 0 heterocycles. The molecule has 1 aromatic carbocycles. The zero-order chi connectivity index (χ0) is 13.8. The Morgan fingerprint density at radius 3 is 2.61 bits per heavy atom. The monoisotopic (exact) mass is 277 g/mol. The summed E-state index contributed by atoms with van der Waals surface area (Å²) in [5, 5.41) is 11.4. The van der Waals surface area contributed by atoms with E-state index in [0.29, 0.717) is 13.0 Å². The first-order valence-corrected chi connectivity index (χ1v) is 7.14. The number of aliphatic hydroxyl groups is 1. The van der Waals surface area contributed by atoms with E-state index in [-0.39, 0.29) is 23.7 Å². The number of nitrogen functional groups attached to an aromatic ring is 1. The van der Waals surface area contributed by atoms with Crippen LogP contribution in [0.25, 0.3) is 0 Å². The SMILES string of the molecule is CS(=O)(=O)Nc1cc(NCCCO)c(F)cc1N. The van der Waals surface area contributed by atoms with Crippen LogP contribution < -0.4 is 15.8 Å². The van der Waals surface area contributed by atoms with Crippen molar-refractivity contribution in [2.75, 3.05) is 35.2 Å². The van der Waals surface area contributed by atoms with Gasteiger partial charge >= 0.3 is 0 Å². The minimum atomic E-state index is -3.47. The molecule has 6 nitrogen and oxygen atoms in total. The molecule has 0 aliphatic heterocycles. The number of sulfonamides is 1. The van der Waals surface area contributed by atoms with E-state index in [9.17, 15) is 12.8 Å². The Bertz CT molecular complexity index is 519. The van der Waals surface area contributed by atoms with Gasteiger partial charge in [-0.3, -0.25) is 4.72 Å². The summed E-state index contributed by atoms with van der Waals surface area (Å²) in [6, 6.07) is 2.32. The lowest BCUT2D eigenvalue weighted by Crippen LogP contribution is -2.12. The van der Waals surface area contributed by atoms with Gasteiger partial charge in [0.15, 0.2) is 0 Å². The van der Waals surface area contributed by atoms with Gasteiger partial charge in [-0.2, -0.15) is 0 Å². The molecule has 1 aromatic rings. The minimum absolute atomic E-state index is 0.00522. The summed E-state index contributed by atoms with van der Waals surface area (Å²) in [6.45, 7) is 0.355. The first-order valence-electron chi connectivity index (χ1n) is 5.25. The van der Waals surface area contributed by atoms with Crippen molar-refractivity contribution in [1.29, 1.82) is 0 Å². The molecule has 18 heavy (non-hydrogen) atoms. The minimum Gasteiger partial charge on any atom is -0.397 e. The molecule has 5 N–H and O–H groups in total. The predicted octanol–water partition coefficient (Wildman–Crippen LogP) is 0.574. The summed E-state index contributed by atoms with van der Waals surface area (Å²) in [7, 11) is -3.47. The van der Waals surface area contributed by atoms with Gasteiger partial charge in [0.2, 0.25) is 10.0 Å². The summed E-state index contributed by atoms with van der Waals surface area (Å²) >= 11 is 0. The maximum atomic E-state index is 13.5. The van der Waals surface area contributed by atoms with Crippen LogP contribution in [0.5, 0.6) is 0 Å². The highest BCUT2D eigenvalue weighted by molar-refractivity contribution is 7.92. The van der Waals surface area contributed by atoms with Crippen molar-refractivity contribution in [3.63, 3.8) is 0 Å². The second-order valence-electron chi connectivity index (χ2n) is 3.80. The molecule has 0 aliphatic rings. The normalized spacial score (nSPS) is 11.3. The fourth-order valence-corrected chi connectivity index (χ4v) is 1.89. The Labute approximate surface area is 105 Å². The van der Waals surface area contributed by atoms with E-state index in [2.05, 4.69) is 10.0 Å². The van der Waals surface area contributed by atoms with E-state index in [1.54, 1.807) is 0 Å². The molecule has 0 atom stereocenters. The number of nitrogens with two attached hydrogens (primary N) is 1. The van der Waals surface area contributed by atoms with Crippen LogP contribution >= 0.6 is 0 Å². The molecule has 0 bridgehead atoms. The number of hydrogen-bond acceptors (Lipinski definition) is 5. The van der Waals surface area contributed by atoms with Gasteiger partial charge in [0.1, 0.15) is 5.82 Å². The molecule has 0 saturated heterocycles. The van der Waals surface area contributed by atoms with Gasteiger partial charge in [-0.25, -0.2) is 12.8 Å². The smallest absolute Gasteiger partial charge is 0.229 e. The average Bonchev–Trinajstić information content (AvgIpc) is 2.23. The van der Waals surface area contributed by atoms with E-state index < -0.39 is 15.8 Å². The topological polar surface area (TPSA) is 104 Å². The van der Waals surface area contributed by atoms with Crippen LogP contribution in [0, 0.1) is 5.82 Å². The van der Waals surface area contributed by atoms with Crippen molar-refractivity contribution >= 4 is 27.1 Å². The molecule has 0 spiro atoms. The van der Waals surface area contributed by atoms with E-state index >= 15 is 0 Å². The van der Waals surface area contributed by atoms with Crippen molar-refractivity contribution in [3.8, 4) is 0 Å². The quantitative estimate of drug-likeness (QED) is 0.449. The Hall–Kier alpha value is -1.54. The van der Waals surface area contributed by atoms with Crippen molar-refractivity contribution in [2.45, 2.75) is 6.42 Å². The molecule has 8 heteroatoms. The summed E-state index contributed by atoms with van der Waals surface area (Å²) in [5.74, 6) is -0.579. The molecule has 1 rings (SSSR count). The van der Waals surface area contributed by atoms with Gasteiger partial charge in [0.05, 0.1) is 23.3 Å². The van der Waals surface area contributed by atoms with Crippen molar-refractivity contribution in [1.82, 2.24) is 0 Å². The second kappa shape index (κ2) is 5.87. The lowest BCUT2D eigenvalue weighted by molar-refractivity contribution is 0.292. The number of anilines is 3. The van der Waals surface area contributed by atoms with Crippen molar-refractivity contribution in [2.24, 2.45) is 0 Å². The fraction of sp³-hybridized carbons (Fsp3) is 0.400. The van der Waals surface area contributed by atoms with Gasteiger partial charge in [0, 0.05) is 19.2 Å². The van der Waals surface area contributed by atoms with Gasteiger partial charge in [0.25, 0.3) is 0 Å². The molecule has 0 unspecified atom stereocenters. The predicted molar refractivity (Wildman–Crippen MR) is 69.5 cm³/mol. The zero-order valence-electron chi connectivity index (χ0n) is 9.90. The number of hydrogen-bond donors (Lipinski definition) is 4. The fourth-order valence-electron chi connectivity index (χ4n) is 1.31. The van der Waals surface area contributed by atoms with E-state index in [4.69, 9.17) is 10.8 Å². The number of rotatable bonds is 6. The van der Waals surface area contributed by atoms with E-state index in [1.807, 2.05) is 0 Å². The largest absolute Gasteiger partial charge is 0.397 e. The average molecular weight is 277 g/mol. The number of halogens is 1. The third-order valence-electron chi connectivity index (χ3n) is 2.08. The molecular weight excluding hydrogens is 261 g/mol. The summed E-state index contributed by atoms with van der Waals surface area (Å²) in [4.78, 5) is 0. The van der Waals surface area contributed by atoms with Gasteiger partial charge < -0.3 is 16.2 Å². The van der Waals surface area contributed by atoms with Gasteiger partial charge in [-0.15, -0.1) is 0 Å². The first-order chi connectivity index (χ1) is 8.33. The Morgan fingerprint density at radius 1 is 1.39 bits per heavy atom. The Morgan fingerprint density at radius 2 is 2.06 bits per heavy atom. The van der Waals surface area contributed by atoms with Gasteiger partial charge in [-0.05, 0) is 12.5 Å². The summed E-state index contributed by atoms with van der Waals surface area (Å²) in [5.41, 5.74) is 5.77. The van der Waals surface area contributed by atoms with Crippen molar-refractivity contribution < 1.29 is 17.9 Å². The number of aliphatic hydroxyl groups excluding tert-OH is 1. The van der Waals surface area contributed by atoms with Crippen LogP contribution in [-0.4, -0.2) is 32.9 Å². The van der Waals surface area contributed by atoms with E-state index in [1.165, 1.54) is 6.07 Å². The lowest BCUT2D eigenvalue weighted by Gasteiger charge is -2.12. The molecule has 0 saturated carbocycles. The third-order valence-corrected chi connectivity index (χ3v) is 2.68. The maximum Gasteiger partial charge on any atom is 0.229 e. The molecule has 102 valence electrons. The molecule has 0 aliphatic carbocycles. The highest BCUT2D eigenvalue weighted by Gasteiger charge is 2.10. The van der Waals surface area contributed by atoms with Gasteiger partial charge in [-0.1, -0.05) is 0 Å². The summed E-state index contributed by atoms with van der Waals surface area (Å²) in [6.07, 6.45) is 1.44. The highest BCUT2D eigenvalue weighted by atomic mass is 32.2. The molecular formula is C10H16FN3O3S. The lowest BCUT2D eigenvalue weighted by atomic mass is 10.2. The van der Waals surface area contributed by atoms with Crippen LogP contribution in [-0.2, 0) is 10.0 Å². The Kier molecular flexibility index (Phi) is 4.74. The number of nitrogens with one attached hydrogen (secondary N) is 2. The second-order valence-corrected chi connectivity index (χ2v) is 5.55. The maximum absolute atomic E-state index is 13.5. The molecule has 0 amide bonds. The highest BCUT2D eigenvalue weighted by Crippen LogP contribution is 2.27.